The summed E-state index contributed by atoms with van der Waals surface area (Å²) in [5, 5.41) is 0.673. The Labute approximate surface area is 172 Å². The zero-order valence-corrected chi connectivity index (χ0v) is 17.0. The molecule has 27 heavy (non-hydrogen) atoms. The van der Waals surface area contributed by atoms with Crippen molar-refractivity contribution in [3.63, 3.8) is 0 Å². The van der Waals surface area contributed by atoms with Gasteiger partial charge >= 0.3 is 0 Å². The predicted molar refractivity (Wildman–Crippen MR) is 118 cm³/mol. The van der Waals surface area contributed by atoms with E-state index in [1.54, 1.807) is 0 Å². The van der Waals surface area contributed by atoms with Gasteiger partial charge in [-0.05, 0) is 48.9 Å². The fourth-order valence-corrected chi connectivity index (χ4v) is 4.12. The van der Waals surface area contributed by atoms with E-state index >= 15 is 0 Å². The van der Waals surface area contributed by atoms with Gasteiger partial charge in [0.15, 0.2) is 0 Å². The van der Waals surface area contributed by atoms with E-state index in [9.17, 15) is 0 Å². The molecular formula is C25H24Cl2. The standard InChI is InChI=1S/C25H24Cl2/c1-2-3-4-6-11-20-16-18-22(19-17-20)25(27,21-12-7-5-8-13-21)23-14-9-10-15-24(23)26/h2-3,5,7-10,12-19H,4,6,11H2,1H3. The van der Waals surface area contributed by atoms with Crippen molar-refractivity contribution in [2.45, 2.75) is 31.1 Å². The summed E-state index contributed by atoms with van der Waals surface area (Å²) >= 11 is 13.9. The van der Waals surface area contributed by atoms with Crippen LogP contribution in [-0.4, -0.2) is 0 Å². The Hall–Kier alpha value is -2.02. The number of benzene rings is 3. The van der Waals surface area contributed by atoms with Crippen LogP contribution in [0.5, 0.6) is 0 Å². The molecule has 0 aliphatic rings. The molecule has 0 aliphatic carbocycles. The maximum absolute atomic E-state index is 7.33. The lowest BCUT2D eigenvalue weighted by molar-refractivity contribution is 0.836. The smallest absolute Gasteiger partial charge is 0.103 e. The summed E-state index contributed by atoms with van der Waals surface area (Å²) < 4.78 is 0. The highest BCUT2D eigenvalue weighted by Gasteiger charge is 2.35. The Morgan fingerprint density at radius 2 is 1.44 bits per heavy atom. The second-order valence-corrected chi connectivity index (χ2v) is 7.64. The SMILES string of the molecule is CC=CCCCc1ccc(C(Cl)(c2ccccc2)c2ccccc2Cl)cc1. The van der Waals surface area contributed by atoms with Gasteiger partial charge in [-0.25, -0.2) is 0 Å². The molecule has 3 aromatic rings. The largest absolute Gasteiger partial charge is 0.121 e. The molecule has 3 aromatic carbocycles. The van der Waals surface area contributed by atoms with Crippen LogP contribution < -0.4 is 0 Å². The monoisotopic (exact) mass is 394 g/mol. The summed E-state index contributed by atoms with van der Waals surface area (Å²) in [6.07, 6.45) is 7.65. The van der Waals surface area contributed by atoms with Gasteiger partial charge < -0.3 is 0 Å². The first-order valence-corrected chi connectivity index (χ1v) is 10.1. The first-order chi connectivity index (χ1) is 13.2. The van der Waals surface area contributed by atoms with Crippen LogP contribution in [0, 0.1) is 0 Å². The lowest BCUT2D eigenvalue weighted by Crippen LogP contribution is -2.22. The molecule has 1 atom stereocenters. The summed E-state index contributed by atoms with van der Waals surface area (Å²) in [5.41, 5.74) is 4.27. The zero-order chi connectivity index (χ0) is 19.1. The van der Waals surface area contributed by atoms with Crippen molar-refractivity contribution in [2.24, 2.45) is 0 Å². The van der Waals surface area contributed by atoms with Gasteiger partial charge in [-0.15, -0.1) is 11.6 Å². The van der Waals surface area contributed by atoms with Gasteiger partial charge in [-0.1, -0.05) is 96.5 Å². The fraction of sp³-hybridized carbons (Fsp3) is 0.200. The molecule has 0 nitrogen and oxygen atoms in total. The molecule has 0 aromatic heterocycles. The number of hydrogen-bond acceptors (Lipinski definition) is 0. The van der Waals surface area contributed by atoms with E-state index in [0.717, 1.165) is 36.0 Å². The predicted octanol–water partition coefficient (Wildman–Crippen LogP) is 7.77. The van der Waals surface area contributed by atoms with Crippen molar-refractivity contribution in [2.75, 3.05) is 0 Å². The topological polar surface area (TPSA) is 0 Å². The van der Waals surface area contributed by atoms with Crippen LogP contribution in [0.25, 0.3) is 0 Å². The molecule has 0 saturated heterocycles. The van der Waals surface area contributed by atoms with Crippen molar-refractivity contribution in [3.8, 4) is 0 Å². The number of unbranched alkanes of at least 4 members (excludes halogenated alkanes) is 1. The summed E-state index contributed by atoms with van der Waals surface area (Å²) in [7, 11) is 0. The molecule has 0 radical (unpaired) electrons. The van der Waals surface area contributed by atoms with E-state index < -0.39 is 4.87 Å². The van der Waals surface area contributed by atoms with Crippen molar-refractivity contribution in [1.82, 2.24) is 0 Å². The maximum Gasteiger partial charge on any atom is 0.121 e. The van der Waals surface area contributed by atoms with Gasteiger partial charge in [0.05, 0.1) is 0 Å². The van der Waals surface area contributed by atoms with Crippen molar-refractivity contribution in [1.29, 1.82) is 0 Å². The van der Waals surface area contributed by atoms with Gasteiger partial charge in [0.25, 0.3) is 0 Å². The highest BCUT2D eigenvalue weighted by molar-refractivity contribution is 6.34. The Morgan fingerprint density at radius 1 is 0.815 bits per heavy atom. The van der Waals surface area contributed by atoms with Gasteiger partial charge in [-0.2, -0.15) is 0 Å². The van der Waals surface area contributed by atoms with Crippen LogP contribution in [0.3, 0.4) is 0 Å². The lowest BCUT2D eigenvalue weighted by Gasteiger charge is -2.30. The second-order valence-electron chi connectivity index (χ2n) is 6.66. The second kappa shape index (κ2) is 9.26. The zero-order valence-electron chi connectivity index (χ0n) is 15.5. The summed E-state index contributed by atoms with van der Waals surface area (Å²) in [4.78, 5) is -0.816. The van der Waals surface area contributed by atoms with Crippen LogP contribution in [0.4, 0.5) is 0 Å². The molecule has 138 valence electrons. The number of aryl methyl sites for hydroxylation is 1. The van der Waals surface area contributed by atoms with Gasteiger partial charge in [0, 0.05) is 10.6 Å². The molecule has 0 aliphatic heterocycles. The third kappa shape index (κ3) is 4.46. The minimum atomic E-state index is -0.816. The molecule has 0 N–H and O–H groups in total. The molecular weight excluding hydrogens is 371 g/mol. The lowest BCUT2D eigenvalue weighted by atomic mass is 9.83. The summed E-state index contributed by atoms with van der Waals surface area (Å²) in [6, 6.07) is 26.6. The first kappa shape index (κ1) is 19.7. The first-order valence-electron chi connectivity index (χ1n) is 9.36. The van der Waals surface area contributed by atoms with Crippen molar-refractivity contribution in [3.05, 3.63) is 118 Å². The maximum atomic E-state index is 7.33. The number of hydrogen-bond donors (Lipinski definition) is 0. The third-order valence-corrected chi connectivity index (χ3v) is 5.81. The van der Waals surface area contributed by atoms with E-state index in [4.69, 9.17) is 23.2 Å². The molecule has 0 spiro atoms. The number of rotatable bonds is 7. The fourth-order valence-electron chi connectivity index (χ4n) is 3.38. The molecule has 0 amide bonds. The van der Waals surface area contributed by atoms with Crippen molar-refractivity contribution >= 4 is 23.2 Å². The van der Waals surface area contributed by atoms with Gasteiger partial charge in [0.1, 0.15) is 4.87 Å². The highest BCUT2D eigenvalue weighted by Crippen LogP contribution is 2.45. The number of allylic oxidation sites excluding steroid dienone is 2. The molecule has 0 saturated carbocycles. The summed E-state index contributed by atoms with van der Waals surface area (Å²) in [6.45, 7) is 2.06. The normalized spacial score (nSPS) is 13.6. The Morgan fingerprint density at radius 3 is 2.11 bits per heavy atom. The van der Waals surface area contributed by atoms with Gasteiger partial charge in [-0.3, -0.25) is 0 Å². The Bertz CT molecular complexity index is 882. The number of alkyl halides is 1. The molecule has 0 fully saturated rings. The van der Waals surface area contributed by atoms with Crippen LogP contribution in [0.15, 0.2) is 91.0 Å². The molecule has 3 rings (SSSR count). The van der Waals surface area contributed by atoms with E-state index in [0.29, 0.717) is 5.02 Å². The van der Waals surface area contributed by atoms with Crippen LogP contribution in [0.1, 0.15) is 42.0 Å². The van der Waals surface area contributed by atoms with E-state index in [2.05, 4.69) is 55.5 Å². The molecule has 1 unspecified atom stereocenters. The van der Waals surface area contributed by atoms with E-state index in [1.807, 2.05) is 42.5 Å². The van der Waals surface area contributed by atoms with Crippen LogP contribution in [0.2, 0.25) is 5.02 Å². The van der Waals surface area contributed by atoms with E-state index in [1.165, 1.54) is 5.56 Å². The molecule has 0 heterocycles. The van der Waals surface area contributed by atoms with Crippen molar-refractivity contribution < 1.29 is 0 Å². The number of halogens is 2. The Balaban J connectivity index is 1.98. The molecule has 2 heteroatoms. The third-order valence-electron chi connectivity index (χ3n) is 4.84. The van der Waals surface area contributed by atoms with E-state index in [-0.39, 0.29) is 0 Å². The van der Waals surface area contributed by atoms with Crippen LogP contribution in [-0.2, 0) is 11.3 Å². The quantitative estimate of drug-likeness (QED) is 0.166. The summed E-state index contributed by atoms with van der Waals surface area (Å²) in [5.74, 6) is 0. The van der Waals surface area contributed by atoms with Crippen LogP contribution >= 0.6 is 23.2 Å². The minimum Gasteiger partial charge on any atom is -0.103 e. The van der Waals surface area contributed by atoms with Gasteiger partial charge in [0.2, 0.25) is 0 Å². The molecule has 0 bridgehead atoms. The highest BCUT2D eigenvalue weighted by atomic mass is 35.5. The average molecular weight is 395 g/mol. The average Bonchev–Trinajstić information content (AvgIpc) is 2.72. The Kier molecular flexibility index (Phi) is 6.77. The minimum absolute atomic E-state index is 0.673.